The highest BCUT2D eigenvalue weighted by atomic mass is 35.5. The summed E-state index contributed by atoms with van der Waals surface area (Å²) in [5.41, 5.74) is 4.28. The molecule has 5 aromatic rings. The van der Waals surface area contributed by atoms with Gasteiger partial charge in [-0.25, -0.2) is 4.79 Å². The zero-order valence-electron chi connectivity index (χ0n) is 20.4. The Labute approximate surface area is 222 Å². The van der Waals surface area contributed by atoms with E-state index in [1.807, 2.05) is 53.1 Å². The Balaban J connectivity index is 1.33. The number of carbonyl (C=O) groups excluding carboxylic acids is 1. The number of anilines is 1. The van der Waals surface area contributed by atoms with Crippen LogP contribution >= 0.6 is 23.4 Å². The summed E-state index contributed by atoms with van der Waals surface area (Å²) in [5, 5.41) is 13.1. The monoisotopic (exact) mass is 532 g/mol. The van der Waals surface area contributed by atoms with Crippen molar-refractivity contribution in [3.63, 3.8) is 0 Å². The molecule has 0 atom stereocenters. The number of nitrogens with one attached hydrogen (secondary N) is 1. The van der Waals surface area contributed by atoms with Gasteiger partial charge in [0.25, 0.3) is 0 Å². The van der Waals surface area contributed by atoms with Gasteiger partial charge < -0.3 is 9.88 Å². The van der Waals surface area contributed by atoms with Gasteiger partial charge in [-0.1, -0.05) is 65.8 Å². The lowest BCUT2D eigenvalue weighted by Gasteiger charge is -2.11. The van der Waals surface area contributed by atoms with Gasteiger partial charge >= 0.3 is 5.69 Å². The maximum absolute atomic E-state index is 12.8. The summed E-state index contributed by atoms with van der Waals surface area (Å²) >= 11 is 7.40. The summed E-state index contributed by atoms with van der Waals surface area (Å²) in [6.45, 7) is 0.564. The van der Waals surface area contributed by atoms with Crippen molar-refractivity contribution in [2.45, 2.75) is 18.1 Å². The van der Waals surface area contributed by atoms with E-state index in [2.05, 4.69) is 27.6 Å². The largest absolute Gasteiger partial charge is 0.328 e. The van der Waals surface area contributed by atoms with Crippen LogP contribution in [0.4, 0.5) is 5.69 Å². The Morgan fingerprint density at radius 3 is 2.41 bits per heavy atom. The molecule has 1 amide bonds. The zero-order chi connectivity index (χ0) is 25.9. The van der Waals surface area contributed by atoms with E-state index in [0.29, 0.717) is 28.8 Å². The van der Waals surface area contributed by atoms with Gasteiger partial charge in [-0.05, 0) is 41.5 Å². The topological polar surface area (TPSA) is 86.7 Å². The van der Waals surface area contributed by atoms with Crippen LogP contribution in [0.3, 0.4) is 0 Å². The van der Waals surface area contributed by atoms with Crippen LogP contribution in [0.15, 0.2) is 82.7 Å². The second kappa shape index (κ2) is 10.7. The molecule has 10 heteroatoms. The smallest absolute Gasteiger partial charge is 0.325 e. The van der Waals surface area contributed by atoms with Gasteiger partial charge in [-0.2, -0.15) is 0 Å². The molecule has 0 unspecified atom stereocenters. The predicted molar refractivity (Wildman–Crippen MR) is 147 cm³/mol. The van der Waals surface area contributed by atoms with E-state index in [1.165, 1.54) is 11.8 Å². The van der Waals surface area contributed by atoms with Crippen molar-refractivity contribution >= 4 is 46.0 Å². The number of imidazole rings is 1. The van der Waals surface area contributed by atoms with Gasteiger partial charge in [0.1, 0.15) is 5.82 Å². The van der Waals surface area contributed by atoms with Crippen molar-refractivity contribution in [1.82, 2.24) is 23.9 Å². The minimum atomic E-state index is -0.170. The highest BCUT2D eigenvalue weighted by Gasteiger charge is 2.16. The number of amides is 1. The van der Waals surface area contributed by atoms with Crippen molar-refractivity contribution in [1.29, 1.82) is 0 Å². The molecule has 188 valence electrons. The van der Waals surface area contributed by atoms with Crippen LogP contribution in [0.25, 0.3) is 11.0 Å². The fourth-order valence-corrected chi connectivity index (χ4v) is 5.06. The molecule has 0 saturated heterocycles. The van der Waals surface area contributed by atoms with Crippen molar-refractivity contribution < 1.29 is 4.79 Å². The normalized spacial score (nSPS) is 11.2. The van der Waals surface area contributed by atoms with E-state index in [-0.39, 0.29) is 17.3 Å². The molecule has 0 radical (unpaired) electrons. The molecule has 0 fully saturated rings. The van der Waals surface area contributed by atoms with E-state index < -0.39 is 0 Å². The quantitative estimate of drug-likeness (QED) is 0.297. The molecule has 3 aromatic carbocycles. The fourth-order valence-electron chi connectivity index (χ4n) is 4.18. The van der Waals surface area contributed by atoms with Gasteiger partial charge in [0, 0.05) is 31.2 Å². The zero-order valence-corrected chi connectivity index (χ0v) is 22.0. The number of benzene rings is 3. The number of rotatable bonds is 8. The van der Waals surface area contributed by atoms with E-state index in [1.54, 1.807) is 35.4 Å². The first-order valence-electron chi connectivity index (χ1n) is 11.7. The standard InChI is InChI=1S/C27H25ClN6O2S/c1-32-22-13-12-21(15-23(22)33(2)27(32)36)29-25(35)17-37-26-31-30-24(14-18-6-4-3-5-7-18)34(26)16-19-8-10-20(28)11-9-19/h3-13,15H,14,16-17H2,1-2H3,(H,29,35). The molecule has 2 aromatic heterocycles. The average Bonchev–Trinajstić information content (AvgIpc) is 3.37. The molecular weight excluding hydrogens is 508 g/mol. The number of nitrogens with zero attached hydrogens (tertiary/aromatic N) is 5. The van der Waals surface area contributed by atoms with E-state index in [0.717, 1.165) is 28.0 Å². The first-order valence-corrected chi connectivity index (χ1v) is 13.0. The SMILES string of the molecule is Cn1c(=O)n(C)c2cc(NC(=O)CSc3nnc(Cc4ccccc4)n3Cc3ccc(Cl)cc3)ccc21. The second-order valence-electron chi connectivity index (χ2n) is 8.71. The van der Waals surface area contributed by atoms with Gasteiger partial charge in [-0.15, -0.1) is 10.2 Å². The minimum Gasteiger partial charge on any atom is -0.325 e. The van der Waals surface area contributed by atoms with Crippen LogP contribution in [0, 0.1) is 0 Å². The van der Waals surface area contributed by atoms with Crippen LogP contribution in [0.2, 0.25) is 5.02 Å². The molecule has 0 aliphatic carbocycles. The highest BCUT2D eigenvalue weighted by Crippen LogP contribution is 2.23. The first-order chi connectivity index (χ1) is 17.9. The van der Waals surface area contributed by atoms with Gasteiger partial charge in [0.2, 0.25) is 5.91 Å². The summed E-state index contributed by atoms with van der Waals surface area (Å²) < 4.78 is 5.19. The van der Waals surface area contributed by atoms with Gasteiger partial charge in [-0.3, -0.25) is 13.9 Å². The number of hydrogen-bond donors (Lipinski definition) is 1. The number of hydrogen-bond acceptors (Lipinski definition) is 5. The fraction of sp³-hybridized carbons (Fsp3) is 0.185. The van der Waals surface area contributed by atoms with Crippen molar-refractivity contribution in [3.8, 4) is 0 Å². The van der Waals surface area contributed by atoms with Crippen LogP contribution in [0.1, 0.15) is 17.0 Å². The van der Waals surface area contributed by atoms with Gasteiger partial charge in [0.05, 0.1) is 23.3 Å². The number of aromatic nitrogens is 5. The summed E-state index contributed by atoms with van der Waals surface area (Å²) in [4.78, 5) is 25.0. The van der Waals surface area contributed by atoms with Crippen LogP contribution in [-0.2, 0) is 31.9 Å². The van der Waals surface area contributed by atoms with Crippen LogP contribution in [-0.4, -0.2) is 35.6 Å². The summed E-state index contributed by atoms with van der Waals surface area (Å²) in [6.07, 6.45) is 0.629. The Morgan fingerprint density at radius 1 is 0.919 bits per heavy atom. The van der Waals surface area contributed by atoms with Crippen molar-refractivity contribution in [3.05, 3.63) is 105 Å². The maximum atomic E-state index is 12.8. The first kappa shape index (κ1) is 24.9. The summed E-state index contributed by atoms with van der Waals surface area (Å²) in [6, 6.07) is 23.2. The highest BCUT2D eigenvalue weighted by molar-refractivity contribution is 7.99. The lowest BCUT2D eigenvalue weighted by atomic mass is 10.1. The van der Waals surface area contributed by atoms with Gasteiger partial charge in [0.15, 0.2) is 5.16 Å². The number of aryl methyl sites for hydroxylation is 2. The molecule has 8 nitrogen and oxygen atoms in total. The number of halogens is 1. The molecule has 0 spiro atoms. The average molecular weight is 533 g/mol. The molecular formula is C27H25ClN6O2S. The Bertz CT molecular complexity index is 1620. The lowest BCUT2D eigenvalue weighted by molar-refractivity contribution is -0.113. The minimum absolute atomic E-state index is 0.111. The predicted octanol–water partition coefficient (Wildman–Crippen LogP) is 4.49. The molecule has 0 saturated carbocycles. The third-order valence-electron chi connectivity index (χ3n) is 6.14. The Kier molecular flexibility index (Phi) is 7.16. The molecule has 0 aliphatic rings. The summed E-state index contributed by atoms with van der Waals surface area (Å²) in [5.74, 6) is 0.811. The van der Waals surface area contributed by atoms with Crippen molar-refractivity contribution in [2.75, 3.05) is 11.1 Å². The van der Waals surface area contributed by atoms with E-state index >= 15 is 0 Å². The molecule has 37 heavy (non-hydrogen) atoms. The molecule has 1 N–H and O–H groups in total. The third kappa shape index (κ3) is 5.47. The van der Waals surface area contributed by atoms with Crippen LogP contribution < -0.4 is 11.0 Å². The van der Waals surface area contributed by atoms with Crippen molar-refractivity contribution in [2.24, 2.45) is 14.1 Å². The molecule has 2 heterocycles. The summed E-state index contributed by atoms with van der Waals surface area (Å²) in [7, 11) is 3.44. The van der Waals surface area contributed by atoms with E-state index in [9.17, 15) is 9.59 Å². The number of thioether (sulfide) groups is 1. The molecule has 5 rings (SSSR count). The second-order valence-corrected chi connectivity index (χ2v) is 10.1. The maximum Gasteiger partial charge on any atom is 0.328 e. The Hall–Kier alpha value is -3.82. The Morgan fingerprint density at radius 2 is 1.65 bits per heavy atom. The lowest BCUT2D eigenvalue weighted by Crippen LogP contribution is -2.19. The number of fused-ring (bicyclic) bond motifs is 1. The van der Waals surface area contributed by atoms with Crippen LogP contribution in [0.5, 0.6) is 0 Å². The molecule has 0 aliphatic heterocycles. The van der Waals surface area contributed by atoms with E-state index in [4.69, 9.17) is 11.6 Å². The molecule has 0 bridgehead atoms. The third-order valence-corrected chi connectivity index (χ3v) is 7.36. The number of carbonyl (C=O) groups is 1.